The third kappa shape index (κ3) is 4.94. The minimum absolute atomic E-state index is 0.456. The van der Waals surface area contributed by atoms with E-state index in [1.54, 1.807) is 39.0 Å². The number of carbonyl (C=O) groups is 1. The van der Waals surface area contributed by atoms with Crippen molar-refractivity contribution in [1.29, 1.82) is 0 Å². The Labute approximate surface area is 116 Å². The minimum atomic E-state index is -0.637. The van der Waals surface area contributed by atoms with Crippen LogP contribution >= 0.6 is 23.2 Å². The van der Waals surface area contributed by atoms with Gasteiger partial charge in [0.2, 0.25) is 0 Å². The molecule has 4 nitrogen and oxygen atoms in total. The van der Waals surface area contributed by atoms with E-state index in [0.29, 0.717) is 15.6 Å². The van der Waals surface area contributed by atoms with Crippen LogP contribution in [0, 0.1) is 0 Å². The van der Waals surface area contributed by atoms with E-state index in [9.17, 15) is 4.79 Å². The van der Waals surface area contributed by atoms with Gasteiger partial charge in [-0.15, -0.1) is 0 Å². The molecule has 6 heteroatoms. The Bertz CT molecular complexity index is 447. The zero-order valence-corrected chi connectivity index (χ0v) is 11.8. The first-order chi connectivity index (χ1) is 8.29. The maximum atomic E-state index is 11.3. The Morgan fingerprint density at radius 3 is 2.39 bits per heavy atom. The number of ether oxygens (including phenoxy) is 1. The number of hydrazone groups is 1. The van der Waals surface area contributed by atoms with Crippen molar-refractivity contribution in [3.63, 3.8) is 0 Å². The van der Waals surface area contributed by atoms with E-state index in [2.05, 4.69) is 10.5 Å². The second-order valence-electron chi connectivity index (χ2n) is 4.51. The molecule has 0 radical (unpaired) electrons. The molecule has 1 aromatic carbocycles. The summed E-state index contributed by atoms with van der Waals surface area (Å²) in [4.78, 5) is 11.3. The van der Waals surface area contributed by atoms with Gasteiger partial charge in [0.15, 0.2) is 0 Å². The first-order valence-corrected chi connectivity index (χ1v) is 6.01. The van der Waals surface area contributed by atoms with Gasteiger partial charge in [0.25, 0.3) is 0 Å². The maximum absolute atomic E-state index is 11.3. The highest BCUT2D eigenvalue weighted by Crippen LogP contribution is 2.21. The maximum Gasteiger partial charge on any atom is 0.428 e. The zero-order chi connectivity index (χ0) is 13.8. The number of hydrogen-bond donors (Lipinski definition) is 1. The summed E-state index contributed by atoms with van der Waals surface area (Å²) in [6.45, 7) is 5.30. The van der Waals surface area contributed by atoms with Crippen LogP contribution in [0.15, 0.2) is 23.3 Å². The van der Waals surface area contributed by atoms with Gasteiger partial charge in [0.05, 0.1) is 16.3 Å². The molecular formula is C12H14Cl2N2O2. The Hall–Kier alpha value is -1.26. The normalized spacial score (nSPS) is 11.6. The third-order valence-electron chi connectivity index (χ3n) is 1.75. The SMILES string of the molecule is CC(C)(C)OC(=O)NN=Cc1c(Cl)cccc1Cl. The lowest BCUT2D eigenvalue weighted by atomic mass is 10.2. The largest absolute Gasteiger partial charge is 0.443 e. The molecule has 0 atom stereocenters. The zero-order valence-electron chi connectivity index (χ0n) is 10.3. The summed E-state index contributed by atoms with van der Waals surface area (Å²) >= 11 is 11.9. The number of amides is 1. The second kappa shape index (κ2) is 6.07. The van der Waals surface area contributed by atoms with Crippen LogP contribution < -0.4 is 5.43 Å². The van der Waals surface area contributed by atoms with Gasteiger partial charge in [0, 0.05) is 5.56 Å². The molecule has 0 saturated heterocycles. The molecular weight excluding hydrogens is 275 g/mol. The molecule has 1 N–H and O–H groups in total. The Balaban J connectivity index is 2.63. The fourth-order valence-corrected chi connectivity index (χ4v) is 1.58. The van der Waals surface area contributed by atoms with Crippen LogP contribution in [0.25, 0.3) is 0 Å². The lowest BCUT2D eigenvalue weighted by molar-refractivity contribution is 0.0529. The van der Waals surface area contributed by atoms with Crippen LogP contribution in [0.4, 0.5) is 4.79 Å². The lowest BCUT2D eigenvalue weighted by Crippen LogP contribution is -2.29. The van der Waals surface area contributed by atoms with E-state index < -0.39 is 11.7 Å². The number of nitrogens with one attached hydrogen (secondary N) is 1. The van der Waals surface area contributed by atoms with Crippen molar-refractivity contribution in [1.82, 2.24) is 5.43 Å². The molecule has 1 aromatic rings. The summed E-state index contributed by atoms with van der Waals surface area (Å²) in [5.74, 6) is 0. The van der Waals surface area contributed by atoms with Gasteiger partial charge in [-0.3, -0.25) is 0 Å². The summed E-state index contributed by atoms with van der Waals surface area (Å²) in [5.41, 5.74) is 2.20. The van der Waals surface area contributed by atoms with Gasteiger partial charge in [0.1, 0.15) is 5.60 Å². The molecule has 0 aromatic heterocycles. The van der Waals surface area contributed by atoms with Crippen LogP contribution in [-0.4, -0.2) is 17.9 Å². The van der Waals surface area contributed by atoms with Crippen LogP contribution in [0.3, 0.4) is 0 Å². The fourth-order valence-electron chi connectivity index (χ4n) is 1.08. The molecule has 98 valence electrons. The number of nitrogens with zero attached hydrogens (tertiary/aromatic N) is 1. The molecule has 0 aliphatic rings. The standard InChI is InChI=1S/C12H14Cl2N2O2/c1-12(2,3)18-11(17)16-15-7-8-9(13)5-4-6-10(8)14/h4-7H,1-3H3,(H,16,17). The van der Waals surface area contributed by atoms with E-state index in [1.807, 2.05) is 0 Å². The van der Waals surface area contributed by atoms with Gasteiger partial charge in [-0.25, -0.2) is 10.2 Å². The average Bonchev–Trinajstić information content (AvgIpc) is 2.19. The summed E-state index contributed by atoms with van der Waals surface area (Å²) in [6.07, 6.45) is 0.733. The van der Waals surface area contributed by atoms with E-state index in [1.165, 1.54) is 6.21 Å². The molecule has 1 amide bonds. The van der Waals surface area contributed by atoms with E-state index in [-0.39, 0.29) is 0 Å². The number of rotatable bonds is 2. The predicted molar refractivity (Wildman–Crippen MR) is 73.4 cm³/mol. The highest BCUT2D eigenvalue weighted by molar-refractivity contribution is 6.38. The minimum Gasteiger partial charge on any atom is -0.443 e. The smallest absolute Gasteiger partial charge is 0.428 e. The second-order valence-corrected chi connectivity index (χ2v) is 5.32. The first-order valence-electron chi connectivity index (χ1n) is 5.25. The molecule has 1 rings (SSSR count). The Kier molecular flexibility index (Phi) is 4.99. The van der Waals surface area contributed by atoms with Crippen molar-refractivity contribution < 1.29 is 9.53 Å². The molecule has 0 aliphatic heterocycles. The molecule has 0 unspecified atom stereocenters. The molecule has 0 fully saturated rings. The van der Waals surface area contributed by atoms with E-state index >= 15 is 0 Å². The molecule has 0 saturated carbocycles. The highest BCUT2D eigenvalue weighted by atomic mass is 35.5. The van der Waals surface area contributed by atoms with Gasteiger partial charge < -0.3 is 4.74 Å². The third-order valence-corrected chi connectivity index (χ3v) is 2.41. The van der Waals surface area contributed by atoms with E-state index in [0.717, 1.165) is 0 Å². The van der Waals surface area contributed by atoms with Crippen LogP contribution in [0.2, 0.25) is 10.0 Å². The van der Waals surface area contributed by atoms with Crippen LogP contribution in [-0.2, 0) is 4.74 Å². The monoisotopic (exact) mass is 288 g/mol. The first kappa shape index (κ1) is 14.8. The van der Waals surface area contributed by atoms with Crippen LogP contribution in [0.1, 0.15) is 26.3 Å². The number of hydrogen-bond acceptors (Lipinski definition) is 3. The summed E-state index contributed by atoms with van der Waals surface area (Å²) in [6, 6.07) is 5.09. The van der Waals surface area contributed by atoms with Crippen molar-refractivity contribution in [2.45, 2.75) is 26.4 Å². The average molecular weight is 289 g/mol. The van der Waals surface area contributed by atoms with Gasteiger partial charge in [-0.1, -0.05) is 29.3 Å². The summed E-state index contributed by atoms with van der Waals surface area (Å²) in [5, 5.41) is 4.64. The lowest BCUT2D eigenvalue weighted by Gasteiger charge is -2.18. The predicted octanol–water partition coefficient (Wildman–Crippen LogP) is 3.85. The van der Waals surface area contributed by atoms with Crippen molar-refractivity contribution in [3.8, 4) is 0 Å². The molecule has 18 heavy (non-hydrogen) atoms. The van der Waals surface area contributed by atoms with Gasteiger partial charge >= 0.3 is 6.09 Å². The quantitative estimate of drug-likeness (QED) is 0.664. The molecule has 0 spiro atoms. The number of carbonyl (C=O) groups excluding carboxylic acids is 1. The number of halogens is 2. The number of benzene rings is 1. The Morgan fingerprint density at radius 1 is 1.33 bits per heavy atom. The Morgan fingerprint density at radius 2 is 1.89 bits per heavy atom. The molecule has 0 bridgehead atoms. The summed E-state index contributed by atoms with van der Waals surface area (Å²) in [7, 11) is 0. The molecule has 0 heterocycles. The van der Waals surface area contributed by atoms with Crippen molar-refractivity contribution in [2.75, 3.05) is 0 Å². The van der Waals surface area contributed by atoms with Crippen molar-refractivity contribution >= 4 is 35.5 Å². The fraction of sp³-hybridized carbons (Fsp3) is 0.333. The van der Waals surface area contributed by atoms with Gasteiger partial charge in [-0.05, 0) is 32.9 Å². The van der Waals surface area contributed by atoms with Crippen molar-refractivity contribution in [2.24, 2.45) is 5.10 Å². The molecule has 0 aliphatic carbocycles. The topological polar surface area (TPSA) is 50.7 Å². The van der Waals surface area contributed by atoms with Gasteiger partial charge in [-0.2, -0.15) is 5.10 Å². The van der Waals surface area contributed by atoms with Crippen molar-refractivity contribution in [3.05, 3.63) is 33.8 Å². The van der Waals surface area contributed by atoms with E-state index in [4.69, 9.17) is 27.9 Å². The van der Waals surface area contributed by atoms with Crippen LogP contribution in [0.5, 0.6) is 0 Å². The highest BCUT2D eigenvalue weighted by Gasteiger charge is 2.15. The summed E-state index contributed by atoms with van der Waals surface area (Å²) < 4.78 is 5.01.